The van der Waals surface area contributed by atoms with E-state index in [2.05, 4.69) is 10.6 Å². The van der Waals surface area contributed by atoms with Gasteiger partial charge >= 0.3 is 5.97 Å². The van der Waals surface area contributed by atoms with Gasteiger partial charge in [-0.2, -0.15) is 0 Å². The number of rotatable bonds is 7. The number of nitrogens with two attached hydrogens (primary N) is 1. The van der Waals surface area contributed by atoms with Crippen LogP contribution in [0.15, 0.2) is 24.3 Å². The zero-order valence-corrected chi connectivity index (χ0v) is 12.1. The van der Waals surface area contributed by atoms with Gasteiger partial charge in [0, 0.05) is 0 Å². The maximum absolute atomic E-state index is 11.8. The lowest BCUT2D eigenvalue weighted by Crippen LogP contribution is -2.48. The molecular weight excluding hydrogens is 290 g/mol. The van der Waals surface area contributed by atoms with Crippen LogP contribution in [0.1, 0.15) is 12.5 Å². The van der Waals surface area contributed by atoms with E-state index >= 15 is 0 Å². The Kier molecular flexibility index (Phi) is 6.33. The number of hydrogen-bond acceptors (Lipinski definition) is 5. The molecule has 120 valence electrons. The van der Waals surface area contributed by atoms with Gasteiger partial charge in [-0.05, 0) is 31.0 Å². The van der Waals surface area contributed by atoms with Crippen LogP contribution >= 0.6 is 0 Å². The molecule has 22 heavy (non-hydrogen) atoms. The SMILES string of the molecule is C[C@H](NC(=O)CNC(=O)[C@@H](N)Cc1ccc(O)cc1)C(=O)O. The third kappa shape index (κ3) is 5.80. The summed E-state index contributed by atoms with van der Waals surface area (Å²) in [4.78, 5) is 33.7. The zero-order valence-electron chi connectivity index (χ0n) is 12.1. The molecule has 8 heteroatoms. The first-order chi connectivity index (χ1) is 10.3. The van der Waals surface area contributed by atoms with Crippen LogP contribution in [-0.2, 0) is 20.8 Å². The molecule has 1 rings (SSSR count). The third-order valence-electron chi connectivity index (χ3n) is 2.90. The summed E-state index contributed by atoms with van der Waals surface area (Å²) in [5, 5.41) is 22.3. The molecule has 0 aliphatic heterocycles. The van der Waals surface area contributed by atoms with Gasteiger partial charge in [0.15, 0.2) is 0 Å². The highest BCUT2D eigenvalue weighted by atomic mass is 16.4. The van der Waals surface area contributed by atoms with Crippen LogP contribution in [0.2, 0.25) is 0 Å². The molecule has 0 saturated carbocycles. The van der Waals surface area contributed by atoms with E-state index < -0.39 is 29.9 Å². The third-order valence-corrected chi connectivity index (χ3v) is 2.90. The molecular formula is C14H19N3O5. The number of amides is 2. The van der Waals surface area contributed by atoms with Crippen molar-refractivity contribution in [2.24, 2.45) is 5.73 Å². The maximum Gasteiger partial charge on any atom is 0.325 e. The Morgan fingerprint density at radius 1 is 1.23 bits per heavy atom. The Hall–Kier alpha value is -2.61. The molecule has 0 radical (unpaired) electrons. The Labute approximate surface area is 127 Å². The van der Waals surface area contributed by atoms with Crippen molar-refractivity contribution in [3.8, 4) is 5.75 Å². The lowest BCUT2D eigenvalue weighted by atomic mass is 10.1. The molecule has 1 aromatic rings. The first-order valence-electron chi connectivity index (χ1n) is 6.63. The number of aromatic hydroxyl groups is 1. The van der Waals surface area contributed by atoms with E-state index in [1.807, 2.05) is 0 Å². The Morgan fingerprint density at radius 2 is 1.82 bits per heavy atom. The number of aliphatic carboxylic acids is 1. The normalized spacial score (nSPS) is 13.0. The molecule has 0 aromatic heterocycles. The van der Waals surface area contributed by atoms with E-state index in [1.165, 1.54) is 19.1 Å². The van der Waals surface area contributed by atoms with Gasteiger partial charge in [0.1, 0.15) is 11.8 Å². The second kappa shape index (κ2) is 7.99. The largest absolute Gasteiger partial charge is 0.508 e. The molecule has 1 aromatic carbocycles. The van der Waals surface area contributed by atoms with E-state index in [9.17, 15) is 14.4 Å². The summed E-state index contributed by atoms with van der Waals surface area (Å²) in [6.45, 7) is 0.971. The molecule has 0 bridgehead atoms. The summed E-state index contributed by atoms with van der Waals surface area (Å²) in [7, 11) is 0. The van der Waals surface area contributed by atoms with Crippen LogP contribution in [-0.4, -0.2) is 46.6 Å². The molecule has 8 nitrogen and oxygen atoms in total. The van der Waals surface area contributed by atoms with Crippen molar-refractivity contribution < 1.29 is 24.6 Å². The number of carboxylic acid groups (broad SMARTS) is 1. The average Bonchev–Trinajstić information content (AvgIpc) is 2.46. The smallest absolute Gasteiger partial charge is 0.325 e. The van der Waals surface area contributed by atoms with Gasteiger partial charge < -0.3 is 26.6 Å². The van der Waals surface area contributed by atoms with Crippen molar-refractivity contribution in [2.75, 3.05) is 6.54 Å². The molecule has 6 N–H and O–H groups in total. The molecule has 0 heterocycles. The minimum atomic E-state index is -1.16. The van der Waals surface area contributed by atoms with Crippen LogP contribution < -0.4 is 16.4 Å². The van der Waals surface area contributed by atoms with Crippen LogP contribution in [0, 0.1) is 0 Å². The second-order valence-electron chi connectivity index (χ2n) is 4.82. The van der Waals surface area contributed by atoms with Crippen molar-refractivity contribution in [3.63, 3.8) is 0 Å². The number of carboxylic acids is 1. The monoisotopic (exact) mass is 309 g/mol. The van der Waals surface area contributed by atoms with Gasteiger partial charge in [0.05, 0.1) is 12.6 Å². The molecule has 2 amide bonds. The summed E-state index contributed by atoms with van der Waals surface area (Å²) in [5.74, 6) is -2.18. The Balaban J connectivity index is 2.39. The topological polar surface area (TPSA) is 142 Å². The van der Waals surface area contributed by atoms with Gasteiger partial charge in [-0.15, -0.1) is 0 Å². The highest BCUT2D eigenvalue weighted by Gasteiger charge is 2.17. The van der Waals surface area contributed by atoms with E-state index in [0.717, 1.165) is 5.56 Å². The molecule has 0 aliphatic rings. The summed E-state index contributed by atoms with van der Waals surface area (Å²) >= 11 is 0. The molecule has 0 unspecified atom stereocenters. The molecule has 0 saturated heterocycles. The first kappa shape index (κ1) is 17.4. The molecule has 2 atom stereocenters. The maximum atomic E-state index is 11.8. The van der Waals surface area contributed by atoms with E-state index in [-0.39, 0.29) is 18.7 Å². The van der Waals surface area contributed by atoms with Crippen molar-refractivity contribution in [1.29, 1.82) is 0 Å². The lowest BCUT2D eigenvalue weighted by Gasteiger charge is -2.13. The zero-order chi connectivity index (χ0) is 16.7. The highest BCUT2D eigenvalue weighted by Crippen LogP contribution is 2.10. The lowest BCUT2D eigenvalue weighted by molar-refractivity contribution is -0.141. The van der Waals surface area contributed by atoms with Crippen molar-refractivity contribution in [1.82, 2.24) is 10.6 Å². The number of benzene rings is 1. The average molecular weight is 309 g/mol. The van der Waals surface area contributed by atoms with Gasteiger partial charge in [-0.1, -0.05) is 12.1 Å². The van der Waals surface area contributed by atoms with Crippen LogP contribution in [0.4, 0.5) is 0 Å². The van der Waals surface area contributed by atoms with E-state index in [4.69, 9.17) is 15.9 Å². The quantitative estimate of drug-likeness (QED) is 0.436. The van der Waals surface area contributed by atoms with Gasteiger partial charge in [0.2, 0.25) is 11.8 Å². The summed E-state index contributed by atoms with van der Waals surface area (Å²) < 4.78 is 0. The van der Waals surface area contributed by atoms with Crippen molar-refractivity contribution in [2.45, 2.75) is 25.4 Å². The highest BCUT2D eigenvalue weighted by molar-refractivity contribution is 5.89. The molecule has 0 fully saturated rings. The number of phenols is 1. The van der Waals surface area contributed by atoms with Crippen LogP contribution in [0.3, 0.4) is 0 Å². The number of carbonyl (C=O) groups excluding carboxylic acids is 2. The fourth-order valence-electron chi connectivity index (χ4n) is 1.63. The summed E-state index contributed by atoms with van der Waals surface area (Å²) in [5.41, 5.74) is 6.49. The first-order valence-corrected chi connectivity index (χ1v) is 6.63. The minimum absolute atomic E-state index is 0.117. The number of nitrogens with one attached hydrogen (secondary N) is 2. The van der Waals surface area contributed by atoms with Crippen LogP contribution in [0.25, 0.3) is 0 Å². The minimum Gasteiger partial charge on any atom is -0.508 e. The van der Waals surface area contributed by atoms with Crippen molar-refractivity contribution in [3.05, 3.63) is 29.8 Å². The Morgan fingerprint density at radius 3 is 2.36 bits per heavy atom. The van der Waals surface area contributed by atoms with Gasteiger partial charge in [0.25, 0.3) is 0 Å². The van der Waals surface area contributed by atoms with Crippen LogP contribution in [0.5, 0.6) is 5.75 Å². The fourth-order valence-corrected chi connectivity index (χ4v) is 1.63. The van der Waals surface area contributed by atoms with Crippen molar-refractivity contribution >= 4 is 17.8 Å². The number of phenolic OH excluding ortho intramolecular Hbond substituents is 1. The predicted molar refractivity (Wildman–Crippen MR) is 78.0 cm³/mol. The number of carbonyl (C=O) groups is 3. The van der Waals surface area contributed by atoms with E-state index in [0.29, 0.717) is 0 Å². The summed E-state index contributed by atoms with van der Waals surface area (Å²) in [6.07, 6.45) is 0.249. The van der Waals surface area contributed by atoms with E-state index in [1.54, 1.807) is 12.1 Å². The molecule has 0 aliphatic carbocycles. The standard InChI is InChI=1S/C14H19N3O5/c1-8(14(21)22)17-12(19)7-16-13(20)11(15)6-9-2-4-10(18)5-3-9/h2-5,8,11,18H,6-7,15H2,1H3,(H,16,20)(H,17,19)(H,21,22)/t8-,11-/m0/s1. The molecule has 0 spiro atoms. The van der Waals surface area contributed by atoms with Gasteiger partial charge in [-0.25, -0.2) is 0 Å². The predicted octanol–water partition coefficient (Wildman–Crippen LogP) is -1.03. The summed E-state index contributed by atoms with van der Waals surface area (Å²) in [6, 6.07) is 4.37. The second-order valence-corrected chi connectivity index (χ2v) is 4.82. The Bertz CT molecular complexity index is 544. The number of hydrogen-bond donors (Lipinski definition) is 5. The fraction of sp³-hybridized carbons (Fsp3) is 0.357. The van der Waals surface area contributed by atoms with Gasteiger partial charge in [-0.3, -0.25) is 14.4 Å².